The van der Waals surface area contributed by atoms with Crippen molar-refractivity contribution in [2.75, 3.05) is 4.90 Å². The number of aryl methyl sites for hydroxylation is 1. The molecule has 0 bridgehead atoms. The Labute approximate surface area is 138 Å². The van der Waals surface area contributed by atoms with Crippen LogP contribution >= 0.6 is 11.6 Å². The van der Waals surface area contributed by atoms with Crippen molar-refractivity contribution in [1.29, 1.82) is 0 Å². The number of para-hydroxylation sites is 2. The normalized spacial score (nSPS) is 10.5. The van der Waals surface area contributed by atoms with E-state index in [4.69, 9.17) is 17.3 Å². The maximum Gasteiger partial charge on any atom is 0.326 e. The first-order valence-electron chi connectivity index (χ1n) is 6.91. The van der Waals surface area contributed by atoms with E-state index in [1.807, 2.05) is 30.3 Å². The standard InChI is InChI=1S/C16H14ClN5O/c1-11-19-16(22(20-11)12-7-3-2-4-8-12)21(15(18)23)14-10-6-5-9-13(14)17/h2-10H,1H3,(H2,18,23). The average molecular weight is 328 g/mol. The average Bonchev–Trinajstić information content (AvgIpc) is 2.91. The molecule has 116 valence electrons. The number of benzene rings is 2. The number of halogens is 1. The highest BCUT2D eigenvalue weighted by molar-refractivity contribution is 6.34. The van der Waals surface area contributed by atoms with E-state index in [9.17, 15) is 4.79 Å². The van der Waals surface area contributed by atoms with Gasteiger partial charge in [0.05, 0.1) is 16.4 Å². The van der Waals surface area contributed by atoms with Crippen molar-refractivity contribution in [2.45, 2.75) is 6.92 Å². The molecule has 6 nitrogen and oxygen atoms in total. The van der Waals surface area contributed by atoms with Crippen LogP contribution in [0.15, 0.2) is 54.6 Å². The molecule has 1 heterocycles. The first kappa shape index (κ1) is 15.1. The number of anilines is 2. The number of aromatic nitrogens is 3. The molecule has 0 saturated carbocycles. The van der Waals surface area contributed by atoms with Crippen LogP contribution in [-0.4, -0.2) is 20.8 Å². The molecule has 3 aromatic rings. The molecule has 0 atom stereocenters. The van der Waals surface area contributed by atoms with Crippen molar-refractivity contribution >= 4 is 29.3 Å². The molecule has 0 radical (unpaired) electrons. The van der Waals surface area contributed by atoms with E-state index in [-0.39, 0.29) is 5.95 Å². The van der Waals surface area contributed by atoms with Gasteiger partial charge >= 0.3 is 6.03 Å². The zero-order valence-electron chi connectivity index (χ0n) is 12.3. The number of carbonyl (C=O) groups excluding carboxylic acids is 1. The van der Waals surface area contributed by atoms with Gasteiger partial charge in [-0.15, -0.1) is 5.10 Å². The summed E-state index contributed by atoms with van der Waals surface area (Å²) in [5.41, 5.74) is 6.79. The van der Waals surface area contributed by atoms with E-state index in [0.717, 1.165) is 5.69 Å². The Morgan fingerprint density at radius 3 is 2.43 bits per heavy atom. The molecule has 0 unspecified atom stereocenters. The van der Waals surface area contributed by atoms with Crippen molar-refractivity contribution in [3.63, 3.8) is 0 Å². The van der Waals surface area contributed by atoms with E-state index in [1.165, 1.54) is 4.90 Å². The number of rotatable bonds is 3. The van der Waals surface area contributed by atoms with Gasteiger partial charge < -0.3 is 5.73 Å². The number of hydrogen-bond acceptors (Lipinski definition) is 3. The Morgan fingerprint density at radius 1 is 1.13 bits per heavy atom. The molecule has 2 amide bonds. The molecule has 0 spiro atoms. The SMILES string of the molecule is Cc1nc(N(C(N)=O)c2ccccc2Cl)n(-c2ccccc2)n1. The fraction of sp³-hybridized carbons (Fsp3) is 0.0625. The second-order valence-corrected chi connectivity index (χ2v) is 5.24. The molecule has 7 heteroatoms. The van der Waals surface area contributed by atoms with Crippen LogP contribution in [0.5, 0.6) is 0 Å². The van der Waals surface area contributed by atoms with Gasteiger partial charge in [-0.2, -0.15) is 9.67 Å². The summed E-state index contributed by atoms with van der Waals surface area (Å²) in [6.07, 6.45) is 0. The fourth-order valence-corrected chi connectivity index (χ4v) is 2.47. The molecular formula is C16H14ClN5O. The van der Waals surface area contributed by atoms with Crippen molar-refractivity contribution in [2.24, 2.45) is 5.73 Å². The maximum atomic E-state index is 12.1. The fourth-order valence-electron chi connectivity index (χ4n) is 2.25. The summed E-state index contributed by atoms with van der Waals surface area (Å²) in [5, 5.41) is 4.75. The Balaban J connectivity index is 2.19. The van der Waals surface area contributed by atoms with Crippen LogP contribution in [0, 0.1) is 6.92 Å². The summed E-state index contributed by atoms with van der Waals surface area (Å²) >= 11 is 6.21. The predicted octanol–water partition coefficient (Wildman–Crippen LogP) is 3.45. The molecule has 0 saturated heterocycles. The second kappa shape index (κ2) is 6.10. The van der Waals surface area contributed by atoms with Gasteiger partial charge in [0.1, 0.15) is 5.82 Å². The molecular weight excluding hydrogens is 314 g/mol. The lowest BCUT2D eigenvalue weighted by Gasteiger charge is -2.20. The van der Waals surface area contributed by atoms with Crippen LogP contribution in [-0.2, 0) is 0 Å². The second-order valence-electron chi connectivity index (χ2n) is 4.83. The van der Waals surface area contributed by atoms with Crippen molar-refractivity contribution < 1.29 is 4.79 Å². The zero-order valence-corrected chi connectivity index (χ0v) is 13.1. The number of amides is 2. The zero-order chi connectivity index (χ0) is 16.4. The van der Waals surface area contributed by atoms with Crippen molar-refractivity contribution in [3.05, 3.63) is 65.4 Å². The van der Waals surface area contributed by atoms with E-state index in [0.29, 0.717) is 16.5 Å². The van der Waals surface area contributed by atoms with Gasteiger partial charge in [-0.05, 0) is 31.2 Å². The van der Waals surface area contributed by atoms with E-state index >= 15 is 0 Å². The largest absolute Gasteiger partial charge is 0.351 e. The molecule has 23 heavy (non-hydrogen) atoms. The number of primary amides is 1. The van der Waals surface area contributed by atoms with Crippen LogP contribution in [0.4, 0.5) is 16.4 Å². The van der Waals surface area contributed by atoms with Crippen LogP contribution < -0.4 is 10.6 Å². The van der Waals surface area contributed by atoms with E-state index in [1.54, 1.807) is 35.9 Å². The van der Waals surface area contributed by atoms with Crippen molar-refractivity contribution in [3.8, 4) is 5.69 Å². The molecule has 0 aliphatic rings. The van der Waals surface area contributed by atoms with Crippen LogP contribution in [0.3, 0.4) is 0 Å². The lowest BCUT2D eigenvalue weighted by molar-refractivity contribution is 0.255. The Morgan fingerprint density at radius 2 is 1.78 bits per heavy atom. The lowest BCUT2D eigenvalue weighted by Crippen LogP contribution is -2.33. The molecule has 0 fully saturated rings. The third kappa shape index (κ3) is 2.89. The topological polar surface area (TPSA) is 77.0 Å². The summed E-state index contributed by atoms with van der Waals surface area (Å²) in [7, 11) is 0. The van der Waals surface area contributed by atoms with E-state index < -0.39 is 6.03 Å². The van der Waals surface area contributed by atoms with Gasteiger partial charge in [0, 0.05) is 0 Å². The minimum absolute atomic E-state index is 0.286. The first-order chi connectivity index (χ1) is 11.1. The van der Waals surface area contributed by atoms with Crippen LogP contribution in [0.1, 0.15) is 5.82 Å². The summed E-state index contributed by atoms with van der Waals surface area (Å²) in [4.78, 5) is 17.6. The van der Waals surface area contributed by atoms with Crippen LogP contribution in [0.2, 0.25) is 5.02 Å². The smallest absolute Gasteiger partial charge is 0.326 e. The highest BCUT2D eigenvalue weighted by Crippen LogP contribution is 2.31. The molecule has 2 N–H and O–H groups in total. The summed E-state index contributed by atoms with van der Waals surface area (Å²) < 4.78 is 1.56. The summed E-state index contributed by atoms with van der Waals surface area (Å²) in [6.45, 7) is 1.74. The minimum atomic E-state index is -0.692. The molecule has 2 aromatic carbocycles. The number of nitrogens with zero attached hydrogens (tertiary/aromatic N) is 4. The maximum absolute atomic E-state index is 12.1. The number of hydrogen-bond donors (Lipinski definition) is 1. The highest BCUT2D eigenvalue weighted by atomic mass is 35.5. The van der Waals surface area contributed by atoms with Crippen molar-refractivity contribution in [1.82, 2.24) is 14.8 Å². The minimum Gasteiger partial charge on any atom is -0.351 e. The quantitative estimate of drug-likeness (QED) is 0.800. The lowest BCUT2D eigenvalue weighted by atomic mass is 10.3. The summed E-state index contributed by atoms with van der Waals surface area (Å²) in [5.74, 6) is 0.802. The molecule has 0 aliphatic heterocycles. The third-order valence-electron chi connectivity index (χ3n) is 3.21. The first-order valence-corrected chi connectivity index (χ1v) is 7.29. The van der Waals surface area contributed by atoms with Gasteiger partial charge in [0.25, 0.3) is 0 Å². The Bertz CT molecular complexity index is 847. The Hall–Kier alpha value is -2.86. The predicted molar refractivity (Wildman–Crippen MR) is 89.3 cm³/mol. The molecule has 0 aliphatic carbocycles. The highest BCUT2D eigenvalue weighted by Gasteiger charge is 2.24. The monoisotopic (exact) mass is 327 g/mol. The number of nitrogens with two attached hydrogens (primary N) is 1. The van der Waals surface area contributed by atoms with E-state index in [2.05, 4.69) is 10.1 Å². The van der Waals surface area contributed by atoms with Crippen LogP contribution in [0.25, 0.3) is 5.69 Å². The van der Waals surface area contributed by atoms with Gasteiger partial charge in [-0.25, -0.2) is 9.69 Å². The van der Waals surface area contributed by atoms with Gasteiger partial charge in [0.15, 0.2) is 0 Å². The number of urea groups is 1. The Kier molecular flexibility index (Phi) is 3.99. The van der Waals surface area contributed by atoms with Gasteiger partial charge in [-0.3, -0.25) is 0 Å². The van der Waals surface area contributed by atoms with Gasteiger partial charge in [-0.1, -0.05) is 41.9 Å². The summed E-state index contributed by atoms with van der Waals surface area (Å²) in [6, 6.07) is 15.6. The van der Waals surface area contributed by atoms with Gasteiger partial charge in [0.2, 0.25) is 5.95 Å². The third-order valence-corrected chi connectivity index (χ3v) is 3.53. The number of carbonyl (C=O) groups is 1. The molecule has 1 aromatic heterocycles. The molecule has 3 rings (SSSR count).